The van der Waals surface area contributed by atoms with E-state index in [9.17, 15) is 18.0 Å². The largest absolute Gasteiger partial charge is 0.497 e. The zero-order valence-electron chi connectivity index (χ0n) is 26.2. The van der Waals surface area contributed by atoms with Crippen molar-refractivity contribution in [2.75, 3.05) is 24.2 Å². The lowest BCUT2D eigenvalue weighted by molar-refractivity contribution is -0.139. The van der Waals surface area contributed by atoms with Crippen LogP contribution >= 0.6 is 0 Å². The minimum absolute atomic E-state index is 0.0482. The summed E-state index contributed by atoms with van der Waals surface area (Å²) in [6.45, 7) is 5.34. The summed E-state index contributed by atoms with van der Waals surface area (Å²) in [5.74, 6) is 2.40. The third-order valence-electron chi connectivity index (χ3n) is 10.2. The number of ether oxygens (including phenoxy) is 1. The minimum Gasteiger partial charge on any atom is -0.497 e. The maximum Gasteiger partial charge on any atom is 0.244 e. The van der Waals surface area contributed by atoms with Gasteiger partial charge in [-0.2, -0.15) is 0 Å². The van der Waals surface area contributed by atoms with Gasteiger partial charge in [-0.15, -0.1) is 0 Å². The van der Waals surface area contributed by atoms with E-state index < -0.39 is 28.5 Å². The van der Waals surface area contributed by atoms with Crippen LogP contribution in [-0.4, -0.2) is 57.1 Å². The molecule has 0 saturated heterocycles. The fourth-order valence-electron chi connectivity index (χ4n) is 8.03. The Kier molecular flexibility index (Phi) is 9.12. The number of rotatable bonds is 12. The van der Waals surface area contributed by atoms with Crippen LogP contribution in [0.3, 0.4) is 0 Å². The highest BCUT2D eigenvalue weighted by Crippen LogP contribution is 2.60. The van der Waals surface area contributed by atoms with Gasteiger partial charge in [-0.3, -0.25) is 13.9 Å². The van der Waals surface area contributed by atoms with Gasteiger partial charge in [0.25, 0.3) is 0 Å². The average Bonchev–Trinajstić information content (AvgIpc) is 2.97. The molecule has 0 aliphatic heterocycles. The third kappa shape index (κ3) is 6.87. The summed E-state index contributed by atoms with van der Waals surface area (Å²) < 4.78 is 32.6. The van der Waals surface area contributed by atoms with Gasteiger partial charge >= 0.3 is 0 Å². The molecule has 0 heterocycles. The molecule has 4 fully saturated rings. The Balaban J connectivity index is 1.38. The van der Waals surface area contributed by atoms with Crippen molar-refractivity contribution in [3.63, 3.8) is 0 Å². The lowest BCUT2D eigenvalue weighted by atomic mass is 9.48. The molecule has 1 N–H and O–H groups in total. The fraction of sp³-hybridized carbons (Fsp3) is 0.588. The van der Waals surface area contributed by atoms with E-state index in [-0.39, 0.29) is 23.9 Å². The number of hydrogen-bond donors (Lipinski definition) is 1. The molecule has 0 unspecified atom stereocenters. The number of methoxy groups -OCH3 is 1. The first kappa shape index (κ1) is 31.4. The van der Waals surface area contributed by atoms with Crippen LogP contribution in [0.25, 0.3) is 0 Å². The van der Waals surface area contributed by atoms with Crippen molar-refractivity contribution >= 4 is 27.5 Å². The molecule has 234 valence electrons. The van der Waals surface area contributed by atoms with Crippen molar-refractivity contribution in [2.24, 2.45) is 17.8 Å². The molecule has 4 bridgehead atoms. The van der Waals surface area contributed by atoms with Gasteiger partial charge in [0.2, 0.25) is 21.8 Å². The normalized spacial score (nSPS) is 25.6. The van der Waals surface area contributed by atoms with Gasteiger partial charge in [0.05, 0.1) is 19.1 Å². The van der Waals surface area contributed by atoms with Crippen molar-refractivity contribution in [1.29, 1.82) is 0 Å². The predicted octanol–water partition coefficient (Wildman–Crippen LogP) is 5.26. The summed E-state index contributed by atoms with van der Waals surface area (Å²) in [6, 6.07) is 14.3. The molecule has 2 aromatic rings. The first-order valence-corrected chi connectivity index (χ1v) is 17.6. The van der Waals surface area contributed by atoms with Crippen LogP contribution in [0.15, 0.2) is 48.5 Å². The summed E-state index contributed by atoms with van der Waals surface area (Å²) in [6.07, 6.45) is 9.65. The minimum atomic E-state index is -3.79. The first-order chi connectivity index (χ1) is 20.4. The van der Waals surface area contributed by atoms with E-state index in [1.165, 1.54) is 53.3 Å². The van der Waals surface area contributed by atoms with Gasteiger partial charge in [-0.1, -0.05) is 31.2 Å². The lowest BCUT2D eigenvalue weighted by Crippen LogP contribution is -2.52. The zero-order valence-corrected chi connectivity index (χ0v) is 27.0. The molecule has 4 aliphatic carbocycles. The summed E-state index contributed by atoms with van der Waals surface area (Å²) in [7, 11) is -2.20. The van der Waals surface area contributed by atoms with Crippen LogP contribution in [0.2, 0.25) is 0 Å². The molecule has 9 heteroatoms. The highest BCUT2D eigenvalue weighted by atomic mass is 32.2. The van der Waals surface area contributed by atoms with Crippen LogP contribution in [0, 0.1) is 17.8 Å². The Morgan fingerprint density at radius 3 is 2.00 bits per heavy atom. The molecule has 8 nitrogen and oxygen atoms in total. The summed E-state index contributed by atoms with van der Waals surface area (Å²) >= 11 is 0. The maximum atomic E-state index is 13.9. The Labute approximate surface area is 257 Å². The number of amides is 2. The number of anilines is 1. The molecular formula is C34H47N3O5S. The third-order valence-corrected chi connectivity index (χ3v) is 11.3. The molecule has 2 aromatic carbocycles. The second kappa shape index (κ2) is 12.5. The van der Waals surface area contributed by atoms with Crippen molar-refractivity contribution < 1.29 is 22.7 Å². The number of benzene rings is 2. The Hall–Kier alpha value is -3.07. The number of carbonyl (C=O) groups is 2. The second-order valence-corrected chi connectivity index (χ2v) is 15.3. The van der Waals surface area contributed by atoms with Crippen molar-refractivity contribution in [3.05, 3.63) is 59.7 Å². The molecule has 2 amide bonds. The van der Waals surface area contributed by atoms with E-state index in [0.29, 0.717) is 11.4 Å². The van der Waals surface area contributed by atoms with E-state index in [4.69, 9.17) is 4.74 Å². The average molecular weight is 610 g/mol. The van der Waals surface area contributed by atoms with Gasteiger partial charge in [0.1, 0.15) is 18.3 Å². The first-order valence-electron chi connectivity index (χ1n) is 15.7. The fourth-order valence-corrected chi connectivity index (χ4v) is 8.88. The van der Waals surface area contributed by atoms with Gasteiger partial charge in [-0.05, 0) is 117 Å². The van der Waals surface area contributed by atoms with Gasteiger partial charge in [0, 0.05) is 12.6 Å². The van der Waals surface area contributed by atoms with E-state index >= 15 is 0 Å². The molecule has 4 saturated carbocycles. The smallest absolute Gasteiger partial charge is 0.244 e. The zero-order chi connectivity index (χ0) is 30.9. The number of nitrogens with one attached hydrogen (secondary N) is 1. The number of carbonyl (C=O) groups excluding carboxylic acids is 2. The van der Waals surface area contributed by atoms with Crippen molar-refractivity contribution in [3.8, 4) is 5.75 Å². The van der Waals surface area contributed by atoms with Crippen LogP contribution in [-0.2, 0) is 31.6 Å². The van der Waals surface area contributed by atoms with Gasteiger partial charge in [0.15, 0.2) is 0 Å². The van der Waals surface area contributed by atoms with E-state index in [1.54, 1.807) is 26.2 Å². The molecule has 0 radical (unpaired) electrons. The highest BCUT2D eigenvalue weighted by molar-refractivity contribution is 7.92. The monoisotopic (exact) mass is 609 g/mol. The molecule has 43 heavy (non-hydrogen) atoms. The number of sulfonamides is 1. The molecule has 0 aromatic heterocycles. The molecule has 4 aliphatic rings. The molecule has 0 spiro atoms. The summed E-state index contributed by atoms with van der Waals surface area (Å²) in [5, 5.41) is 2.96. The highest BCUT2D eigenvalue weighted by Gasteiger charge is 2.51. The standard InChI is InChI=1S/C34H47N3O5S/c1-6-23(2)35-33(39)24(3)36(21-25-7-13-31(42-4)14-8-25)32(38)22-37(43(5,40)41)30-11-9-29(10-12-30)34-18-26-15-27(19-34)17-28(16-26)20-34/h7-14,23-24,26-28H,6,15-22H2,1-5H3,(H,35,39)/t23-,24+,26?,27?,28?,34?/m1/s1. The SMILES string of the molecule is CC[C@@H](C)NC(=O)[C@H](C)N(Cc1ccc(OC)cc1)C(=O)CN(c1ccc(C23CC4CC(CC(C4)C2)C3)cc1)S(C)(=O)=O. The van der Waals surface area contributed by atoms with Crippen molar-refractivity contribution in [2.45, 2.75) is 89.8 Å². The quantitative estimate of drug-likeness (QED) is 0.354. The number of hydrogen-bond acceptors (Lipinski definition) is 5. The van der Waals surface area contributed by atoms with Gasteiger partial charge in [-0.25, -0.2) is 8.42 Å². The van der Waals surface area contributed by atoms with Crippen LogP contribution in [0.1, 0.15) is 76.8 Å². The number of nitrogens with zero attached hydrogens (tertiary/aromatic N) is 2. The lowest BCUT2D eigenvalue weighted by Gasteiger charge is -2.57. The van der Waals surface area contributed by atoms with Crippen molar-refractivity contribution in [1.82, 2.24) is 10.2 Å². The van der Waals surface area contributed by atoms with E-state index in [0.717, 1.165) is 36.0 Å². The molecule has 6 rings (SSSR count). The van der Waals surface area contributed by atoms with Crippen LogP contribution < -0.4 is 14.4 Å². The van der Waals surface area contributed by atoms with E-state index in [1.807, 2.05) is 38.1 Å². The summed E-state index contributed by atoms with van der Waals surface area (Å²) in [4.78, 5) is 28.5. The molecular weight excluding hydrogens is 562 g/mol. The Bertz CT molecular complexity index is 1370. The van der Waals surface area contributed by atoms with E-state index in [2.05, 4.69) is 17.4 Å². The van der Waals surface area contributed by atoms with Crippen LogP contribution in [0.4, 0.5) is 5.69 Å². The van der Waals surface area contributed by atoms with Gasteiger partial charge < -0.3 is 15.0 Å². The second-order valence-electron chi connectivity index (χ2n) is 13.4. The Morgan fingerprint density at radius 1 is 0.953 bits per heavy atom. The summed E-state index contributed by atoms with van der Waals surface area (Å²) in [5.41, 5.74) is 2.77. The Morgan fingerprint density at radius 2 is 1.51 bits per heavy atom. The maximum absolute atomic E-state index is 13.9. The van der Waals surface area contributed by atoms with Crippen LogP contribution in [0.5, 0.6) is 5.75 Å². The topological polar surface area (TPSA) is 96.0 Å². The predicted molar refractivity (Wildman–Crippen MR) is 169 cm³/mol. The molecule has 2 atom stereocenters.